The van der Waals surface area contributed by atoms with E-state index in [0.717, 1.165) is 9.50 Å². The predicted molar refractivity (Wildman–Crippen MR) is 115 cm³/mol. The van der Waals surface area contributed by atoms with Crippen molar-refractivity contribution in [2.75, 3.05) is 12.4 Å². The van der Waals surface area contributed by atoms with Gasteiger partial charge in [-0.1, -0.05) is 23.9 Å². The number of aromatic nitrogens is 1. The molecule has 1 aromatic heterocycles. The molecule has 1 amide bonds. The number of sulfonamides is 1. The Morgan fingerprint density at radius 1 is 1.17 bits per heavy atom. The summed E-state index contributed by atoms with van der Waals surface area (Å²) in [5, 5.41) is 8.66. The number of methoxy groups -OCH3 is 1. The number of nitrogens with two attached hydrogens (primary N) is 1. The maximum absolute atomic E-state index is 12.8. The predicted octanol–water partition coefficient (Wildman–Crippen LogP) is 3.90. The molecule has 7 nitrogen and oxygen atoms in total. The molecular weight excluding hydrogens is 478 g/mol. The number of amides is 1. The van der Waals surface area contributed by atoms with Crippen LogP contribution in [-0.2, 0) is 10.0 Å². The van der Waals surface area contributed by atoms with Gasteiger partial charge in [0.2, 0.25) is 10.0 Å². The summed E-state index contributed by atoms with van der Waals surface area (Å²) in [6.45, 7) is 0. The molecule has 0 aliphatic rings. The minimum absolute atomic E-state index is 0.0998. The Kier molecular flexibility index (Phi) is 6.58. The molecule has 0 aliphatic heterocycles. The van der Waals surface area contributed by atoms with Crippen molar-refractivity contribution >= 4 is 49.3 Å². The first-order chi connectivity index (χ1) is 13.8. The van der Waals surface area contributed by atoms with E-state index < -0.39 is 15.9 Å². The summed E-state index contributed by atoms with van der Waals surface area (Å²) < 4.78 is 29.4. The highest BCUT2D eigenvalue weighted by Gasteiger charge is 2.18. The Balaban J connectivity index is 1.87. The van der Waals surface area contributed by atoms with Gasteiger partial charge in [0, 0.05) is 21.3 Å². The number of rotatable bonds is 6. The molecule has 3 N–H and O–H groups in total. The van der Waals surface area contributed by atoms with E-state index in [1.165, 1.54) is 37.1 Å². The average molecular weight is 494 g/mol. The van der Waals surface area contributed by atoms with E-state index in [1.54, 1.807) is 18.3 Å². The van der Waals surface area contributed by atoms with Crippen molar-refractivity contribution in [2.45, 2.75) is 14.8 Å². The molecular formula is C19H16BrN3O4S2. The molecule has 29 heavy (non-hydrogen) atoms. The first-order valence-corrected chi connectivity index (χ1v) is 11.3. The monoisotopic (exact) mass is 493 g/mol. The quantitative estimate of drug-likeness (QED) is 0.538. The summed E-state index contributed by atoms with van der Waals surface area (Å²) in [7, 11) is -2.67. The van der Waals surface area contributed by atoms with Crippen molar-refractivity contribution in [2.24, 2.45) is 5.14 Å². The average Bonchev–Trinajstić information content (AvgIpc) is 2.69. The third-order valence-corrected chi connectivity index (χ3v) is 6.20. The first-order valence-electron chi connectivity index (χ1n) is 8.18. The van der Waals surface area contributed by atoms with Gasteiger partial charge in [-0.25, -0.2) is 18.5 Å². The van der Waals surface area contributed by atoms with Gasteiger partial charge in [0.05, 0.1) is 12.7 Å². The Hall–Kier alpha value is -2.40. The lowest BCUT2D eigenvalue weighted by Gasteiger charge is -2.12. The van der Waals surface area contributed by atoms with Gasteiger partial charge in [-0.3, -0.25) is 4.79 Å². The zero-order valence-corrected chi connectivity index (χ0v) is 18.3. The van der Waals surface area contributed by atoms with Gasteiger partial charge in [0.25, 0.3) is 5.91 Å². The van der Waals surface area contributed by atoms with E-state index in [2.05, 4.69) is 26.2 Å². The summed E-state index contributed by atoms with van der Waals surface area (Å²) >= 11 is 4.69. The number of halogens is 1. The summed E-state index contributed by atoms with van der Waals surface area (Å²) in [4.78, 5) is 17.6. The van der Waals surface area contributed by atoms with E-state index in [4.69, 9.17) is 9.88 Å². The van der Waals surface area contributed by atoms with Crippen LogP contribution in [0.25, 0.3) is 0 Å². The summed E-state index contributed by atoms with van der Waals surface area (Å²) in [6.07, 6.45) is 1.68. The van der Waals surface area contributed by atoms with Gasteiger partial charge in [0.1, 0.15) is 15.7 Å². The second-order valence-electron chi connectivity index (χ2n) is 5.78. The van der Waals surface area contributed by atoms with Crippen LogP contribution in [0.3, 0.4) is 0 Å². The first kappa shape index (κ1) is 21.3. The molecule has 0 radical (unpaired) electrons. The number of hydrogen-bond donors (Lipinski definition) is 2. The lowest BCUT2D eigenvalue weighted by atomic mass is 10.2. The lowest BCUT2D eigenvalue weighted by molar-refractivity contribution is 0.102. The van der Waals surface area contributed by atoms with Gasteiger partial charge in [-0.15, -0.1) is 0 Å². The van der Waals surface area contributed by atoms with Crippen molar-refractivity contribution in [1.82, 2.24) is 4.98 Å². The van der Waals surface area contributed by atoms with Gasteiger partial charge >= 0.3 is 0 Å². The topological polar surface area (TPSA) is 111 Å². The molecule has 0 atom stereocenters. The number of anilines is 1. The number of nitrogens with one attached hydrogen (secondary N) is 1. The van der Waals surface area contributed by atoms with Crippen LogP contribution in [0.4, 0.5) is 5.69 Å². The number of benzene rings is 2. The zero-order chi connectivity index (χ0) is 21.0. The Labute approximate surface area is 180 Å². The minimum Gasteiger partial charge on any atom is -0.495 e. The van der Waals surface area contributed by atoms with Crippen LogP contribution in [0.2, 0.25) is 0 Å². The Bertz CT molecular complexity index is 1150. The van der Waals surface area contributed by atoms with Crippen molar-refractivity contribution < 1.29 is 17.9 Å². The van der Waals surface area contributed by atoms with Crippen LogP contribution in [0, 0.1) is 0 Å². The van der Waals surface area contributed by atoms with Crippen molar-refractivity contribution in [3.63, 3.8) is 0 Å². The molecule has 3 aromatic rings. The molecule has 0 aliphatic carbocycles. The highest BCUT2D eigenvalue weighted by molar-refractivity contribution is 9.10. The molecule has 1 heterocycles. The van der Waals surface area contributed by atoms with E-state index in [1.807, 2.05) is 24.3 Å². The highest BCUT2D eigenvalue weighted by atomic mass is 79.9. The summed E-state index contributed by atoms with van der Waals surface area (Å²) in [6, 6.07) is 15.0. The fourth-order valence-electron chi connectivity index (χ4n) is 2.45. The summed E-state index contributed by atoms with van der Waals surface area (Å²) in [5.74, 6) is -0.293. The van der Waals surface area contributed by atoms with E-state index in [-0.39, 0.29) is 16.3 Å². The number of primary sulfonamides is 1. The molecule has 2 aromatic carbocycles. The summed E-state index contributed by atoms with van der Waals surface area (Å²) in [5.41, 5.74) is 0.705. The fourth-order valence-corrected chi connectivity index (χ4v) is 4.30. The van der Waals surface area contributed by atoms with E-state index >= 15 is 0 Å². The standard InChI is InChI=1S/C19H16BrN3O4S2/c1-27-15-8-7-13(10-17(15)29(21,25)26)23-19(24)14-4-2-3-5-16(14)28-18-9-6-12(20)11-22-18/h2-11H,1H3,(H,23,24)(H2,21,25,26). The van der Waals surface area contributed by atoms with Gasteiger partial charge in [-0.05, 0) is 58.4 Å². The van der Waals surface area contributed by atoms with Crippen LogP contribution in [0.1, 0.15) is 10.4 Å². The molecule has 150 valence electrons. The van der Waals surface area contributed by atoms with Gasteiger partial charge in [-0.2, -0.15) is 0 Å². The molecule has 0 fully saturated rings. The number of ether oxygens (including phenoxy) is 1. The molecule has 0 saturated carbocycles. The molecule has 10 heteroatoms. The number of nitrogens with zero attached hydrogens (tertiary/aromatic N) is 1. The van der Waals surface area contributed by atoms with Crippen molar-refractivity contribution in [3.05, 3.63) is 70.8 Å². The van der Waals surface area contributed by atoms with E-state index in [0.29, 0.717) is 10.5 Å². The van der Waals surface area contributed by atoms with E-state index in [9.17, 15) is 13.2 Å². The molecule has 0 spiro atoms. The maximum Gasteiger partial charge on any atom is 0.256 e. The van der Waals surface area contributed by atoms with Gasteiger partial charge in [0.15, 0.2) is 0 Å². The lowest BCUT2D eigenvalue weighted by Crippen LogP contribution is -2.16. The van der Waals surface area contributed by atoms with Crippen molar-refractivity contribution in [1.29, 1.82) is 0 Å². The van der Waals surface area contributed by atoms with Crippen LogP contribution in [-0.4, -0.2) is 26.4 Å². The third-order valence-electron chi connectivity index (χ3n) is 3.77. The second-order valence-corrected chi connectivity index (χ2v) is 9.29. The zero-order valence-electron chi connectivity index (χ0n) is 15.1. The number of carbonyl (C=O) groups is 1. The Morgan fingerprint density at radius 3 is 2.59 bits per heavy atom. The number of hydrogen-bond acceptors (Lipinski definition) is 6. The molecule has 0 bridgehead atoms. The molecule has 0 saturated heterocycles. The van der Waals surface area contributed by atoms with Crippen molar-refractivity contribution in [3.8, 4) is 5.75 Å². The normalized spacial score (nSPS) is 11.1. The fraction of sp³-hybridized carbons (Fsp3) is 0.0526. The molecule has 3 rings (SSSR count). The van der Waals surface area contributed by atoms with Crippen LogP contribution in [0.15, 0.2) is 80.1 Å². The second kappa shape index (κ2) is 8.95. The third kappa shape index (κ3) is 5.36. The van der Waals surface area contributed by atoms with Crippen LogP contribution < -0.4 is 15.2 Å². The maximum atomic E-state index is 12.8. The number of pyridine rings is 1. The number of carbonyl (C=O) groups excluding carboxylic acids is 1. The largest absolute Gasteiger partial charge is 0.495 e. The Morgan fingerprint density at radius 2 is 1.93 bits per heavy atom. The van der Waals surface area contributed by atoms with Crippen LogP contribution >= 0.6 is 27.7 Å². The minimum atomic E-state index is -4.01. The van der Waals surface area contributed by atoms with Crippen LogP contribution in [0.5, 0.6) is 5.75 Å². The van der Waals surface area contributed by atoms with Gasteiger partial charge < -0.3 is 10.1 Å². The molecule has 0 unspecified atom stereocenters. The highest BCUT2D eigenvalue weighted by Crippen LogP contribution is 2.31. The smallest absolute Gasteiger partial charge is 0.256 e. The SMILES string of the molecule is COc1ccc(NC(=O)c2ccccc2Sc2ccc(Br)cn2)cc1S(N)(=O)=O.